The van der Waals surface area contributed by atoms with E-state index in [1.54, 1.807) is 0 Å². The highest BCUT2D eigenvalue weighted by Gasteiger charge is 2.17. The third-order valence-corrected chi connectivity index (χ3v) is 3.45. The Morgan fingerprint density at radius 1 is 1.40 bits per heavy atom. The van der Waals surface area contributed by atoms with Gasteiger partial charge in [0.25, 0.3) is 5.91 Å². The zero-order valence-electron chi connectivity index (χ0n) is 12.1. The highest BCUT2D eigenvalue weighted by atomic mass is 16.2. The highest BCUT2D eigenvalue weighted by molar-refractivity contribution is 6.06. The number of aromatic amines is 1. The number of amides is 1. The van der Waals surface area contributed by atoms with Crippen molar-refractivity contribution in [2.75, 3.05) is 11.1 Å². The van der Waals surface area contributed by atoms with Crippen molar-refractivity contribution in [1.29, 1.82) is 0 Å². The van der Waals surface area contributed by atoms with E-state index in [2.05, 4.69) is 22.4 Å². The number of nitrogen functional groups attached to an aromatic ring is 1. The molecule has 0 unspecified atom stereocenters. The van der Waals surface area contributed by atoms with Crippen molar-refractivity contribution in [3.8, 4) is 0 Å². The van der Waals surface area contributed by atoms with Gasteiger partial charge in [0, 0.05) is 5.69 Å². The van der Waals surface area contributed by atoms with Gasteiger partial charge in [-0.2, -0.15) is 5.10 Å². The van der Waals surface area contributed by atoms with E-state index < -0.39 is 0 Å². The fourth-order valence-electron chi connectivity index (χ4n) is 2.07. The van der Waals surface area contributed by atoms with Gasteiger partial charge in [-0.25, -0.2) is 0 Å². The van der Waals surface area contributed by atoms with Crippen LogP contribution < -0.4 is 11.1 Å². The maximum atomic E-state index is 12.2. The zero-order valence-corrected chi connectivity index (χ0v) is 12.1. The van der Waals surface area contributed by atoms with Gasteiger partial charge in [0.05, 0.1) is 11.4 Å². The molecule has 20 heavy (non-hydrogen) atoms. The first kappa shape index (κ1) is 14.1. The number of aryl methyl sites for hydroxylation is 2. The number of benzene rings is 1. The van der Waals surface area contributed by atoms with E-state index in [4.69, 9.17) is 5.73 Å². The molecular formula is C15H20N4O. The van der Waals surface area contributed by atoms with E-state index in [0.29, 0.717) is 5.69 Å². The summed E-state index contributed by atoms with van der Waals surface area (Å²) in [5.74, 6) is -0.283. The van der Waals surface area contributed by atoms with Crippen molar-refractivity contribution in [3.05, 3.63) is 40.7 Å². The van der Waals surface area contributed by atoms with Gasteiger partial charge in [0.1, 0.15) is 0 Å². The van der Waals surface area contributed by atoms with Crippen LogP contribution in [0, 0.1) is 13.8 Å². The van der Waals surface area contributed by atoms with Crippen LogP contribution in [0.1, 0.15) is 40.7 Å². The van der Waals surface area contributed by atoms with Crippen molar-refractivity contribution in [2.24, 2.45) is 0 Å². The van der Waals surface area contributed by atoms with Crippen molar-refractivity contribution in [1.82, 2.24) is 10.2 Å². The molecular weight excluding hydrogens is 252 g/mol. The fourth-order valence-corrected chi connectivity index (χ4v) is 2.07. The van der Waals surface area contributed by atoms with Gasteiger partial charge in [-0.1, -0.05) is 25.5 Å². The molecule has 0 fully saturated rings. The average molecular weight is 272 g/mol. The SMILES string of the molecule is CCCc1[nH]nc(C(=O)Nc2cccc(C)c2C)c1N. The molecule has 0 saturated carbocycles. The van der Waals surface area contributed by atoms with Gasteiger partial charge in [-0.3, -0.25) is 9.89 Å². The monoisotopic (exact) mass is 272 g/mol. The molecule has 2 rings (SSSR count). The molecule has 0 atom stereocenters. The zero-order chi connectivity index (χ0) is 14.7. The summed E-state index contributed by atoms with van der Waals surface area (Å²) < 4.78 is 0. The number of H-pyrrole nitrogens is 1. The Morgan fingerprint density at radius 3 is 2.85 bits per heavy atom. The Labute approximate surface area is 118 Å². The van der Waals surface area contributed by atoms with Gasteiger partial charge < -0.3 is 11.1 Å². The topological polar surface area (TPSA) is 83.8 Å². The van der Waals surface area contributed by atoms with Crippen LogP contribution in [0.3, 0.4) is 0 Å². The van der Waals surface area contributed by atoms with Gasteiger partial charge in [0.2, 0.25) is 0 Å². The Hall–Kier alpha value is -2.30. The quantitative estimate of drug-likeness (QED) is 0.800. The van der Waals surface area contributed by atoms with E-state index in [9.17, 15) is 4.79 Å². The lowest BCUT2D eigenvalue weighted by molar-refractivity contribution is 0.102. The second-order valence-electron chi connectivity index (χ2n) is 4.92. The van der Waals surface area contributed by atoms with Crippen LogP contribution in [0.15, 0.2) is 18.2 Å². The molecule has 0 radical (unpaired) electrons. The molecule has 106 valence electrons. The molecule has 1 aromatic heterocycles. The van der Waals surface area contributed by atoms with E-state index in [-0.39, 0.29) is 11.6 Å². The number of nitrogens with zero attached hydrogens (tertiary/aromatic N) is 1. The molecule has 2 aromatic rings. The molecule has 5 nitrogen and oxygen atoms in total. The predicted octanol–water partition coefficient (Wildman–Crippen LogP) is 2.81. The lowest BCUT2D eigenvalue weighted by atomic mass is 10.1. The molecule has 5 heteroatoms. The van der Waals surface area contributed by atoms with Crippen LogP contribution in [-0.2, 0) is 6.42 Å². The second-order valence-corrected chi connectivity index (χ2v) is 4.92. The number of carbonyl (C=O) groups excluding carboxylic acids is 1. The van der Waals surface area contributed by atoms with Crippen LogP contribution in [0.5, 0.6) is 0 Å². The highest BCUT2D eigenvalue weighted by Crippen LogP contribution is 2.21. The number of nitrogens with one attached hydrogen (secondary N) is 2. The van der Waals surface area contributed by atoms with Gasteiger partial charge in [0.15, 0.2) is 5.69 Å². The lowest BCUT2D eigenvalue weighted by Gasteiger charge is -2.09. The molecule has 0 spiro atoms. The molecule has 0 aliphatic rings. The largest absolute Gasteiger partial charge is 0.395 e. The van der Waals surface area contributed by atoms with Crippen molar-refractivity contribution in [3.63, 3.8) is 0 Å². The van der Waals surface area contributed by atoms with Crippen molar-refractivity contribution < 1.29 is 4.79 Å². The Balaban J connectivity index is 2.22. The van der Waals surface area contributed by atoms with Crippen LogP contribution in [0.2, 0.25) is 0 Å². The Morgan fingerprint density at radius 2 is 2.15 bits per heavy atom. The van der Waals surface area contributed by atoms with Gasteiger partial charge >= 0.3 is 0 Å². The lowest BCUT2D eigenvalue weighted by Crippen LogP contribution is -2.15. The summed E-state index contributed by atoms with van der Waals surface area (Å²) in [4.78, 5) is 12.2. The van der Waals surface area contributed by atoms with E-state index in [1.807, 2.05) is 32.0 Å². The minimum absolute atomic E-state index is 0.259. The standard InChI is InChI=1S/C15H20N4O/c1-4-6-12-13(16)14(19-18-12)15(20)17-11-8-5-7-9(2)10(11)3/h5,7-8H,4,6,16H2,1-3H3,(H,17,20)(H,18,19). The molecule has 0 saturated heterocycles. The summed E-state index contributed by atoms with van der Waals surface area (Å²) in [6.45, 7) is 6.03. The summed E-state index contributed by atoms with van der Waals surface area (Å²) >= 11 is 0. The summed E-state index contributed by atoms with van der Waals surface area (Å²) in [5, 5.41) is 9.71. The van der Waals surface area contributed by atoms with Crippen LogP contribution in [0.4, 0.5) is 11.4 Å². The van der Waals surface area contributed by atoms with E-state index in [0.717, 1.165) is 35.3 Å². The smallest absolute Gasteiger partial charge is 0.278 e. The number of nitrogens with two attached hydrogens (primary N) is 1. The minimum atomic E-state index is -0.283. The van der Waals surface area contributed by atoms with Gasteiger partial charge in [-0.15, -0.1) is 0 Å². The summed E-state index contributed by atoms with van der Waals surface area (Å²) in [7, 11) is 0. The minimum Gasteiger partial charge on any atom is -0.395 e. The Bertz CT molecular complexity index is 631. The first-order chi connectivity index (χ1) is 9.54. The molecule has 1 amide bonds. The maximum absolute atomic E-state index is 12.2. The van der Waals surface area contributed by atoms with Crippen LogP contribution >= 0.6 is 0 Å². The van der Waals surface area contributed by atoms with Crippen LogP contribution in [-0.4, -0.2) is 16.1 Å². The number of hydrogen-bond donors (Lipinski definition) is 3. The molecule has 1 aromatic carbocycles. The van der Waals surface area contributed by atoms with Crippen molar-refractivity contribution in [2.45, 2.75) is 33.6 Å². The number of hydrogen-bond acceptors (Lipinski definition) is 3. The molecule has 0 bridgehead atoms. The summed E-state index contributed by atoms with van der Waals surface area (Å²) in [6, 6.07) is 5.79. The van der Waals surface area contributed by atoms with Gasteiger partial charge in [-0.05, 0) is 37.5 Å². The number of rotatable bonds is 4. The Kier molecular flexibility index (Phi) is 4.08. The molecule has 4 N–H and O–H groups in total. The van der Waals surface area contributed by atoms with E-state index in [1.165, 1.54) is 0 Å². The normalized spacial score (nSPS) is 10.6. The number of anilines is 2. The second kappa shape index (κ2) is 5.77. The molecule has 1 heterocycles. The van der Waals surface area contributed by atoms with E-state index >= 15 is 0 Å². The average Bonchev–Trinajstić information content (AvgIpc) is 2.77. The third kappa shape index (κ3) is 2.66. The summed E-state index contributed by atoms with van der Waals surface area (Å²) in [5.41, 5.74) is 10.4. The van der Waals surface area contributed by atoms with Crippen LogP contribution in [0.25, 0.3) is 0 Å². The first-order valence-electron chi connectivity index (χ1n) is 6.74. The number of carbonyl (C=O) groups is 1. The predicted molar refractivity (Wildman–Crippen MR) is 80.9 cm³/mol. The molecule has 0 aliphatic carbocycles. The third-order valence-electron chi connectivity index (χ3n) is 3.45. The first-order valence-corrected chi connectivity index (χ1v) is 6.74. The number of aromatic nitrogens is 2. The fraction of sp³-hybridized carbons (Fsp3) is 0.333. The summed E-state index contributed by atoms with van der Waals surface area (Å²) in [6.07, 6.45) is 1.74. The van der Waals surface area contributed by atoms with Crippen molar-refractivity contribution >= 4 is 17.3 Å². The maximum Gasteiger partial charge on any atom is 0.278 e. The molecule has 0 aliphatic heterocycles.